The molecule has 0 aliphatic heterocycles. The average Bonchev–Trinajstić information content (AvgIpc) is 2.87. The lowest BCUT2D eigenvalue weighted by Gasteiger charge is -2.27. The van der Waals surface area contributed by atoms with E-state index in [4.69, 9.17) is 17.3 Å². The number of nitrogens with one attached hydrogen (secondary N) is 1. The highest BCUT2D eigenvalue weighted by Gasteiger charge is 2.25. The molecule has 8 heteroatoms. The van der Waals surface area contributed by atoms with Gasteiger partial charge in [0.05, 0.1) is 28.0 Å². The second-order valence-corrected chi connectivity index (χ2v) is 8.00. The molecule has 1 unspecified atom stereocenters. The number of hydrogen-bond donors (Lipinski definition) is 3. The molecule has 0 spiro atoms. The van der Waals surface area contributed by atoms with E-state index in [0.717, 1.165) is 16.7 Å². The minimum atomic E-state index is -0.848. The number of aromatic nitrogens is 3. The summed E-state index contributed by atoms with van der Waals surface area (Å²) in [5.74, 6) is 0.0924. The van der Waals surface area contributed by atoms with Gasteiger partial charge in [-0.2, -0.15) is 0 Å². The first-order valence-corrected chi connectivity index (χ1v) is 9.58. The molecule has 0 saturated carbocycles. The fourth-order valence-electron chi connectivity index (χ4n) is 3.04. The lowest BCUT2D eigenvalue weighted by molar-refractivity contribution is 0.00164. The Kier molecular flexibility index (Phi) is 5.41. The van der Waals surface area contributed by atoms with Crippen LogP contribution in [-0.2, 0) is 13.6 Å². The first-order valence-electron chi connectivity index (χ1n) is 9.20. The van der Waals surface area contributed by atoms with Crippen molar-refractivity contribution < 1.29 is 5.11 Å². The van der Waals surface area contributed by atoms with E-state index >= 15 is 0 Å². The maximum Gasteiger partial charge on any atom is 0.328 e. The van der Waals surface area contributed by atoms with Gasteiger partial charge in [0.2, 0.25) is 0 Å². The zero-order chi connectivity index (χ0) is 20.6. The molecule has 4 N–H and O–H groups in total. The third kappa shape index (κ3) is 3.72. The van der Waals surface area contributed by atoms with E-state index in [2.05, 4.69) is 10.3 Å². The summed E-state index contributed by atoms with van der Waals surface area (Å²) >= 11 is 5.99. The Labute approximate surface area is 168 Å². The number of benzene rings is 1. The molecule has 28 heavy (non-hydrogen) atoms. The third-order valence-corrected chi connectivity index (χ3v) is 5.75. The molecule has 2 heterocycles. The average molecular weight is 404 g/mol. The quantitative estimate of drug-likeness (QED) is 0.547. The van der Waals surface area contributed by atoms with Crippen molar-refractivity contribution in [2.24, 2.45) is 13.0 Å². The predicted molar refractivity (Wildman–Crippen MR) is 114 cm³/mol. The highest BCUT2D eigenvalue weighted by atomic mass is 35.5. The molecular weight excluding hydrogens is 378 g/mol. The van der Waals surface area contributed by atoms with E-state index in [9.17, 15) is 9.90 Å². The van der Waals surface area contributed by atoms with Gasteiger partial charge in [0.15, 0.2) is 5.15 Å². The molecule has 2 aromatic heterocycles. The molecule has 0 aliphatic rings. The van der Waals surface area contributed by atoms with Gasteiger partial charge in [0.1, 0.15) is 0 Å². The van der Waals surface area contributed by atoms with Gasteiger partial charge in [-0.3, -0.25) is 9.13 Å². The highest BCUT2D eigenvalue weighted by Crippen LogP contribution is 2.29. The second-order valence-electron chi connectivity index (χ2n) is 7.65. The van der Waals surface area contributed by atoms with E-state index in [1.54, 1.807) is 35.4 Å². The summed E-state index contributed by atoms with van der Waals surface area (Å²) < 4.78 is 3.31. The number of pyridine rings is 1. The van der Waals surface area contributed by atoms with Gasteiger partial charge in [-0.05, 0) is 43.5 Å². The molecule has 0 amide bonds. The van der Waals surface area contributed by atoms with Gasteiger partial charge in [0, 0.05) is 25.5 Å². The minimum Gasteiger partial charge on any atom is -0.395 e. The number of nitrogens with two attached hydrogens (primary N) is 1. The topological polar surface area (TPSA) is 98.1 Å². The van der Waals surface area contributed by atoms with Crippen LogP contribution in [0.3, 0.4) is 0 Å². The number of aliphatic hydroxyl groups is 1. The van der Waals surface area contributed by atoms with Gasteiger partial charge in [0.25, 0.3) is 0 Å². The van der Waals surface area contributed by atoms with E-state index < -0.39 is 5.60 Å². The van der Waals surface area contributed by atoms with E-state index in [-0.39, 0.29) is 16.8 Å². The molecule has 0 radical (unpaired) electrons. The van der Waals surface area contributed by atoms with Crippen LogP contribution in [0.2, 0.25) is 5.15 Å². The fourth-order valence-corrected chi connectivity index (χ4v) is 3.20. The van der Waals surface area contributed by atoms with Crippen LogP contribution in [0.4, 0.5) is 17.1 Å². The largest absolute Gasteiger partial charge is 0.395 e. The van der Waals surface area contributed by atoms with Gasteiger partial charge in [-0.1, -0.05) is 25.4 Å². The molecule has 7 nitrogen and oxygen atoms in total. The highest BCUT2D eigenvalue weighted by molar-refractivity contribution is 6.32. The number of rotatable bonds is 6. The third-order valence-electron chi connectivity index (χ3n) is 5.45. The van der Waals surface area contributed by atoms with Gasteiger partial charge >= 0.3 is 5.69 Å². The van der Waals surface area contributed by atoms with Crippen molar-refractivity contribution in [3.8, 4) is 0 Å². The summed E-state index contributed by atoms with van der Waals surface area (Å²) in [4.78, 5) is 16.7. The number of halogens is 1. The number of imidazole rings is 1. The van der Waals surface area contributed by atoms with Crippen molar-refractivity contribution in [2.75, 3.05) is 11.1 Å². The first kappa shape index (κ1) is 20.2. The number of aryl methyl sites for hydroxylation is 2. The van der Waals surface area contributed by atoms with Crippen molar-refractivity contribution >= 4 is 39.7 Å². The van der Waals surface area contributed by atoms with E-state index in [1.165, 1.54) is 0 Å². The number of fused-ring (bicyclic) bond motifs is 1. The molecule has 1 aromatic carbocycles. The Hall–Kier alpha value is -2.51. The van der Waals surface area contributed by atoms with Crippen molar-refractivity contribution in [1.82, 2.24) is 14.1 Å². The molecule has 150 valence electrons. The summed E-state index contributed by atoms with van der Waals surface area (Å²) in [6, 6.07) is 7.40. The molecule has 3 aromatic rings. The number of nitrogens with zero attached hydrogens (tertiary/aromatic N) is 3. The van der Waals surface area contributed by atoms with Crippen molar-refractivity contribution in [3.05, 3.63) is 46.1 Å². The summed E-state index contributed by atoms with van der Waals surface area (Å²) in [6.45, 7) is 6.17. The normalized spacial score (nSPS) is 13.8. The van der Waals surface area contributed by atoms with Crippen LogP contribution < -0.4 is 16.7 Å². The Morgan fingerprint density at radius 1 is 1.32 bits per heavy atom. The van der Waals surface area contributed by atoms with Gasteiger partial charge in [-0.15, -0.1) is 0 Å². The smallest absolute Gasteiger partial charge is 0.328 e. The Morgan fingerprint density at radius 3 is 2.71 bits per heavy atom. The molecular formula is C20H26ClN5O2. The van der Waals surface area contributed by atoms with E-state index in [0.29, 0.717) is 24.3 Å². The summed E-state index contributed by atoms with van der Waals surface area (Å²) in [5.41, 5.74) is 8.41. The zero-order valence-electron chi connectivity index (χ0n) is 16.5. The fraction of sp³-hybridized carbons (Fsp3) is 0.400. The zero-order valence-corrected chi connectivity index (χ0v) is 17.3. The lowest BCUT2D eigenvalue weighted by atomic mass is 9.89. The number of nitrogen functional groups attached to an aromatic ring is 1. The molecule has 0 fully saturated rings. The molecule has 0 aliphatic carbocycles. The Bertz CT molecular complexity index is 1070. The van der Waals surface area contributed by atoms with Gasteiger partial charge in [-0.25, -0.2) is 9.78 Å². The van der Waals surface area contributed by atoms with Crippen molar-refractivity contribution in [2.45, 2.75) is 39.3 Å². The SMILES string of the molecule is CC(C)C(C)(O)CCn1c(=O)n(C)c2ccc(Nc3ccnc(Cl)c3N)cc21. The maximum absolute atomic E-state index is 12.7. The Balaban J connectivity index is 1.98. The molecule has 0 saturated heterocycles. The second kappa shape index (κ2) is 7.48. The summed E-state index contributed by atoms with van der Waals surface area (Å²) in [5, 5.41) is 14.0. The molecule has 1 atom stereocenters. The van der Waals surface area contributed by atoms with Crippen molar-refractivity contribution in [3.63, 3.8) is 0 Å². The van der Waals surface area contributed by atoms with Crippen LogP contribution in [0.1, 0.15) is 27.2 Å². The minimum absolute atomic E-state index is 0.0924. The number of anilines is 3. The maximum atomic E-state index is 12.7. The first-order chi connectivity index (χ1) is 13.1. The van der Waals surface area contributed by atoms with Crippen molar-refractivity contribution in [1.29, 1.82) is 0 Å². The molecule has 0 bridgehead atoms. The van der Waals surface area contributed by atoms with Crippen LogP contribution in [0.15, 0.2) is 35.3 Å². The van der Waals surface area contributed by atoms with Crippen LogP contribution in [0.5, 0.6) is 0 Å². The standard InChI is InChI=1S/C20H26ClN5O2/c1-12(2)20(3,28)8-10-26-16-11-13(5-6-15(16)25(4)19(26)27)24-14-7-9-23-18(21)17(14)22/h5-7,9,11-12,28H,8,10,22H2,1-4H3,(H,23,24). The Morgan fingerprint density at radius 2 is 2.04 bits per heavy atom. The van der Waals surface area contributed by atoms with Crippen LogP contribution >= 0.6 is 11.6 Å². The van der Waals surface area contributed by atoms with Crippen LogP contribution in [0, 0.1) is 5.92 Å². The summed E-state index contributed by atoms with van der Waals surface area (Å²) in [7, 11) is 1.75. The van der Waals surface area contributed by atoms with Gasteiger partial charge < -0.3 is 16.2 Å². The number of hydrogen-bond acceptors (Lipinski definition) is 5. The van der Waals surface area contributed by atoms with Crippen LogP contribution in [-0.4, -0.2) is 24.8 Å². The lowest BCUT2D eigenvalue weighted by Crippen LogP contribution is -2.34. The predicted octanol–water partition coefficient (Wildman–Crippen LogP) is 3.51. The van der Waals surface area contributed by atoms with Crippen LogP contribution in [0.25, 0.3) is 11.0 Å². The summed E-state index contributed by atoms with van der Waals surface area (Å²) in [6.07, 6.45) is 2.06. The monoisotopic (exact) mass is 403 g/mol. The molecule has 3 rings (SSSR count). The van der Waals surface area contributed by atoms with E-state index in [1.807, 2.05) is 32.0 Å².